The Balaban J connectivity index is 1.92. The molecule has 2 rings (SSSR count). The van der Waals surface area contributed by atoms with E-state index in [4.69, 9.17) is 9.84 Å². The molecule has 0 bridgehead atoms. The van der Waals surface area contributed by atoms with Crippen LogP contribution in [0.3, 0.4) is 0 Å². The van der Waals surface area contributed by atoms with E-state index in [9.17, 15) is 4.79 Å². The van der Waals surface area contributed by atoms with E-state index >= 15 is 0 Å². The number of hydrogen-bond donors (Lipinski definition) is 1. The third-order valence-electron chi connectivity index (χ3n) is 3.01. The Bertz CT molecular complexity index is 640. The summed E-state index contributed by atoms with van der Waals surface area (Å²) < 4.78 is 5.82. The van der Waals surface area contributed by atoms with Crippen molar-refractivity contribution in [3.05, 3.63) is 45.4 Å². The Morgan fingerprint density at radius 2 is 2.27 bits per heavy atom. The Kier molecular flexibility index (Phi) is 6.27. The number of ether oxygens (including phenoxy) is 1. The number of carboxylic acid groups (broad SMARTS) is 1. The van der Waals surface area contributed by atoms with Gasteiger partial charge in [-0.25, -0.2) is 4.98 Å². The summed E-state index contributed by atoms with van der Waals surface area (Å²) in [6, 6.07) is 7.77. The number of thiazole rings is 1. The number of hydrogen-bond acceptors (Lipinski definition) is 5. The zero-order chi connectivity index (χ0) is 15.9. The summed E-state index contributed by atoms with van der Waals surface area (Å²) in [5.41, 5.74) is 2.06. The highest BCUT2D eigenvalue weighted by Gasteiger charge is 2.07. The molecule has 6 heteroatoms. The normalized spacial score (nSPS) is 10.6. The average molecular weight is 337 g/mol. The average Bonchev–Trinajstić information content (AvgIpc) is 2.86. The molecular formula is C16H19NO3S2. The number of carboxylic acids is 1. The van der Waals surface area contributed by atoms with Gasteiger partial charge in [0.15, 0.2) is 0 Å². The Morgan fingerprint density at radius 3 is 2.95 bits per heavy atom. The van der Waals surface area contributed by atoms with Crippen molar-refractivity contribution in [3.8, 4) is 5.75 Å². The Labute approximate surface area is 138 Å². The summed E-state index contributed by atoms with van der Waals surface area (Å²) in [5.74, 6) is 0.782. The van der Waals surface area contributed by atoms with Crippen molar-refractivity contribution in [3.63, 3.8) is 0 Å². The third-order valence-corrected chi connectivity index (χ3v) is 5.15. The standard InChI is InChI=1S/C16H19NO3S2/c1-3-15-17-14(11(2)22-15)8-20-13-6-4-5-12(7-13)9-21-10-16(18)19/h4-7H,3,8-10H2,1-2H3,(H,18,19). The van der Waals surface area contributed by atoms with Gasteiger partial charge >= 0.3 is 5.97 Å². The van der Waals surface area contributed by atoms with Gasteiger partial charge in [0.1, 0.15) is 12.4 Å². The lowest BCUT2D eigenvalue weighted by Crippen LogP contribution is -1.99. The molecule has 1 heterocycles. The fraction of sp³-hybridized carbons (Fsp3) is 0.375. The number of aryl methyl sites for hydroxylation is 2. The summed E-state index contributed by atoms with van der Waals surface area (Å²) in [5, 5.41) is 9.79. The van der Waals surface area contributed by atoms with Crippen molar-refractivity contribution < 1.29 is 14.6 Å². The molecule has 0 unspecified atom stereocenters. The van der Waals surface area contributed by atoms with Crippen molar-refractivity contribution in [1.82, 2.24) is 4.98 Å². The van der Waals surface area contributed by atoms with Crippen LogP contribution in [0.2, 0.25) is 0 Å². The van der Waals surface area contributed by atoms with Gasteiger partial charge in [-0.15, -0.1) is 23.1 Å². The van der Waals surface area contributed by atoms with E-state index in [1.165, 1.54) is 16.6 Å². The van der Waals surface area contributed by atoms with Crippen LogP contribution < -0.4 is 4.74 Å². The number of benzene rings is 1. The highest BCUT2D eigenvalue weighted by atomic mass is 32.2. The summed E-state index contributed by atoms with van der Waals surface area (Å²) in [6.07, 6.45) is 0.946. The van der Waals surface area contributed by atoms with Gasteiger partial charge in [0.2, 0.25) is 0 Å². The zero-order valence-electron chi connectivity index (χ0n) is 12.7. The number of nitrogens with zero attached hydrogens (tertiary/aromatic N) is 1. The van der Waals surface area contributed by atoms with Crippen LogP contribution in [0, 0.1) is 6.92 Å². The SMILES string of the molecule is CCc1nc(COc2cccc(CSCC(=O)O)c2)c(C)s1. The fourth-order valence-corrected chi connectivity index (χ4v) is 3.47. The second-order valence-electron chi connectivity index (χ2n) is 4.79. The minimum absolute atomic E-state index is 0.114. The van der Waals surface area contributed by atoms with E-state index in [-0.39, 0.29) is 5.75 Å². The number of carbonyl (C=O) groups is 1. The maximum atomic E-state index is 10.5. The van der Waals surface area contributed by atoms with Crippen molar-refractivity contribution in [2.45, 2.75) is 32.6 Å². The molecule has 1 aromatic carbocycles. The Morgan fingerprint density at radius 1 is 1.45 bits per heavy atom. The molecule has 22 heavy (non-hydrogen) atoms. The molecule has 0 fully saturated rings. The first-order valence-electron chi connectivity index (χ1n) is 7.05. The van der Waals surface area contributed by atoms with Crippen molar-refractivity contribution in [2.24, 2.45) is 0 Å². The van der Waals surface area contributed by atoms with E-state index in [2.05, 4.69) is 18.8 Å². The lowest BCUT2D eigenvalue weighted by molar-refractivity contribution is -0.133. The fourth-order valence-electron chi connectivity index (χ4n) is 1.91. The van der Waals surface area contributed by atoms with E-state index in [1.54, 1.807) is 11.3 Å². The molecule has 118 valence electrons. The minimum atomic E-state index is -0.789. The molecule has 0 saturated carbocycles. The highest BCUT2D eigenvalue weighted by Crippen LogP contribution is 2.22. The van der Waals surface area contributed by atoms with Crippen LogP contribution in [0.25, 0.3) is 0 Å². The second kappa shape index (κ2) is 8.19. The van der Waals surface area contributed by atoms with Crippen molar-refractivity contribution in [2.75, 3.05) is 5.75 Å². The molecule has 1 N–H and O–H groups in total. The first-order valence-corrected chi connectivity index (χ1v) is 9.02. The lowest BCUT2D eigenvalue weighted by Gasteiger charge is -2.07. The van der Waals surface area contributed by atoms with Gasteiger partial charge in [-0.05, 0) is 31.0 Å². The molecule has 2 aromatic rings. The van der Waals surface area contributed by atoms with Gasteiger partial charge in [-0.2, -0.15) is 0 Å². The van der Waals surface area contributed by atoms with Crippen LogP contribution in [0.1, 0.15) is 28.1 Å². The van der Waals surface area contributed by atoms with E-state index in [0.29, 0.717) is 12.4 Å². The molecule has 0 aliphatic rings. The molecule has 0 amide bonds. The van der Waals surface area contributed by atoms with Crippen LogP contribution in [0.15, 0.2) is 24.3 Å². The summed E-state index contributed by atoms with van der Waals surface area (Å²) in [4.78, 5) is 16.3. The van der Waals surface area contributed by atoms with Gasteiger partial charge in [0.25, 0.3) is 0 Å². The molecule has 1 aromatic heterocycles. The van der Waals surface area contributed by atoms with Gasteiger partial charge in [-0.3, -0.25) is 4.79 Å². The first kappa shape index (κ1) is 16.8. The number of thioether (sulfide) groups is 1. The van der Waals surface area contributed by atoms with Crippen molar-refractivity contribution >= 4 is 29.1 Å². The van der Waals surface area contributed by atoms with E-state index in [0.717, 1.165) is 28.4 Å². The predicted molar refractivity (Wildman–Crippen MR) is 90.8 cm³/mol. The lowest BCUT2D eigenvalue weighted by atomic mass is 10.2. The molecule has 0 spiro atoms. The minimum Gasteiger partial charge on any atom is -0.487 e. The topological polar surface area (TPSA) is 59.4 Å². The molecule has 0 aliphatic carbocycles. The van der Waals surface area contributed by atoms with Gasteiger partial charge in [0, 0.05) is 10.6 Å². The monoisotopic (exact) mass is 337 g/mol. The largest absolute Gasteiger partial charge is 0.487 e. The van der Waals surface area contributed by atoms with Crippen LogP contribution >= 0.6 is 23.1 Å². The van der Waals surface area contributed by atoms with Crippen LogP contribution in [0.4, 0.5) is 0 Å². The maximum Gasteiger partial charge on any atom is 0.313 e. The van der Waals surface area contributed by atoms with Crippen LogP contribution in [-0.2, 0) is 23.6 Å². The number of aliphatic carboxylic acids is 1. The third kappa shape index (κ3) is 5.03. The van der Waals surface area contributed by atoms with Gasteiger partial charge < -0.3 is 9.84 Å². The van der Waals surface area contributed by atoms with Crippen molar-refractivity contribution in [1.29, 1.82) is 0 Å². The van der Waals surface area contributed by atoms with Gasteiger partial charge in [0.05, 0.1) is 16.5 Å². The summed E-state index contributed by atoms with van der Waals surface area (Å²) in [6.45, 7) is 4.63. The van der Waals surface area contributed by atoms with E-state index in [1.807, 2.05) is 24.3 Å². The van der Waals surface area contributed by atoms with Crippen LogP contribution in [-0.4, -0.2) is 21.8 Å². The molecule has 4 nitrogen and oxygen atoms in total. The smallest absolute Gasteiger partial charge is 0.313 e. The second-order valence-corrected chi connectivity index (χ2v) is 7.06. The zero-order valence-corrected chi connectivity index (χ0v) is 14.3. The molecule has 0 aliphatic heterocycles. The summed E-state index contributed by atoms with van der Waals surface area (Å²) in [7, 11) is 0. The molecule has 0 atom stereocenters. The quantitative estimate of drug-likeness (QED) is 0.791. The first-order chi connectivity index (χ1) is 10.6. The molecular weight excluding hydrogens is 318 g/mol. The van der Waals surface area contributed by atoms with Crippen LogP contribution in [0.5, 0.6) is 5.75 Å². The predicted octanol–water partition coefficient (Wildman–Crippen LogP) is 3.91. The maximum absolute atomic E-state index is 10.5. The van der Waals surface area contributed by atoms with Gasteiger partial charge in [-0.1, -0.05) is 19.1 Å². The molecule has 0 radical (unpaired) electrons. The summed E-state index contributed by atoms with van der Waals surface area (Å²) >= 11 is 3.10. The highest BCUT2D eigenvalue weighted by molar-refractivity contribution is 7.99. The number of rotatable bonds is 8. The van der Waals surface area contributed by atoms with E-state index < -0.39 is 5.97 Å². The Hall–Kier alpha value is -1.53. The molecule has 0 saturated heterocycles. The number of aromatic nitrogens is 1.